The molecule has 30 heavy (non-hydrogen) atoms. The summed E-state index contributed by atoms with van der Waals surface area (Å²) in [5.41, 5.74) is 9.06. The molecular formula is C23H31N5O2. The molecule has 160 valence electrons. The van der Waals surface area contributed by atoms with Gasteiger partial charge >= 0.3 is 0 Å². The van der Waals surface area contributed by atoms with Crippen LogP contribution in [-0.2, 0) is 24.3 Å². The summed E-state index contributed by atoms with van der Waals surface area (Å²) in [4.78, 5) is 29.5. The molecule has 0 aliphatic carbocycles. The molecule has 0 aromatic heterocycles. The number of benzene rings is 2. The number of rotatable bonds is 9. The highest BCUT2D eigenvalue weighted by Gasteiger charge is 2.08. The van der Waals surface area contributed by atoms with E-state index in [2.05, 4.69) is 46.7 Å². The maximum atomic E-state index is 12.0. The Hall–Kier alpha value is -3.35. The molecule has 0 saturated heterocycles. The molecule has 0 aliphatic heterocycles. The standard InChI is InChI=1S/C23H31N5O2/c1-4-17-6-8-19(9-7-17)16-28(3)23(25-5-2)27-14-18-10-12-20(13-11-18)22(30)26-15-21(24)29/h6-13H,4-5,14-16H2,1-3H3,(H2,24,29)(H,25,27)(H,26,30). The molecule has 0 atom stereocenters. The van der Waals surface area contributed by atoms with Gasteiger partial charge in [0.25, 0.3) is 5.91 Å². The summed E-state index contributed by atoms with van der Waals surface area (Å²) in [5, 5.41) is 5.79. The summed E-state index contributed by atoms with van der Waals surface area (Å²) >= 11 is 0. The predicted molar refractivity (Wildman–Crippen MR) is 120 cm³/mol. The minimum atomic E-state index is -0.573. The molecule has 0 unspecified atom stereocenters. The maximum Gasteiger partial charge on any atom is 0.251 e. The maximum absolute atomic E-state index is 12.0. The van der Waals surface area contributed by atoms with Crippen LogP contribution in [-0.4, -0.2) is 42.8 Å². The van der Waals surface area contributed by atoms with Crippen molar-refractivity contribution in [3.8, 4) is 0 Å². The highest BCUT2D eigenvalue weighted by Crippen LogP contribution is 2.09. The van der Waals surface area contributed by atoms with Gasteiger partial charge in [-0.2, -0.15) is 0 Å². The van der Waals surface area contributed by atoms with Gasteiger partial charge < -0.3 is 21.3 Å². The first kappa shape index (κ1) is 22.9. The molecule has 2 amide bonds. The van der Waals surface area contributed by atoms with E-state index < -0.39 is 5.91 Å². The largest absolute Gasteiger partial charge is 0.368 e. The topological polar surface area (TPSA) is 99.8 Å². The summed E-state index contributed by atoms with van der Waals surface area (Å²) in [7, 11) is 2.02. The van der Waals surface area contributed by atoms with Crippen molar-refractivity contribution in [2.24, 2.45) is 10.7 Å². The highest BCUT2D eigenvalue weighted by molar-refractivity contribution is 5.96. The average Bonchev–Trinajstić information content (AvgIpc) is 2.75. The molecule has 0 bridgehead atoms. The summed E-state index contributed by atoms with van der Waals surface area (Å²) in [6, 6.07) is 15.8. The smallest absolute Gasteiger partial charge is 0.251 e. The van der Waals surface area contributed by atoms with E-state index in [1.54, 1.807) is 12.1 Å². The first-order chi connectivity index (χ1) is 14.4. The number of amides is 2. The second-order valence-electron chi connectivity index (χ2n) is 7.04. The summed E-state index contributed by atoms with van der Waals surface area (Å²) in [6.07, 6.45) is 1.03. The third-order valence-corrected chi connectivity index (χ3v) is 4.60. The molecule has 0 saturated carbocycles. The van der Waals surface area contributed by atoms with Gasteiger partial charge in [-0.05, 0) is 42.2 Å². The van der Waals surface area contributed by atoms with Crippen LogP contribution in [0.25, 0.3) is 0 Å². The Kier molecular flexibility index (Phi) is 8.87. The van der Waals surface area contributed by atoms with Gasteiger partial charge in [0, 0.05) is 25.7 Å². The SMILES string of the molecule is CCNC(=NCc1ccc(C(=O)NCC(N)=O)cc1)N(C)Cc1ccc(CC)cc1. The van der Waals surface area contributed by atoms with Crippen LogP contribution in [0.1, 0.15) is 40.9 Å². The van der Waals surface area contributed by atoms with Gasteiger partial charge in [-0.15, -0.1) is 0 Å². The van der Waals surface area contributed by atoms with E-state index in [9.17, 15) is 9.59 Å². The van der Waals surface area contributed by atoms with E-state index in [1.807, 2.05) is 26.1 Å². The lowest BCUT2D eigenvalue weighted by molar-refractivity contribution is -0.117. The van der Waals surface area contributed by atoms with Crippen LogP contribution in [0.15, 0.2) is 53.5 Å². The third-order valence-electron chi connectivity index (χ3n) is 4.60. The number of hydrogen-bond acceptors (Lipinski definition) is 3. The Morgan fingerprint density at radius 1 is 0.933 bits per heavy atom. The molecule has 0 spiro atoms. The highest BCUT2D eigenvalue weighted by atomic mass is 16.2. The quantitative estimate of drug-likeness (QED) is 0.436. The number of guanidine groups is 1. The van der Waals surface area contributed by atoms with Gasteiger partial charge in [0.2, 0.25) is 5.91 Å². The van der Waals surface area contributed by atoms with Gasteiger partial charge in [-0.25, -0.2) is 4.99 Å². The molecule has 0 heterocycles. The number of carbonyl (C=O) groups excluding carboxylic acids is 2. The molecular weight excluding hydrogens is 378 g/mol. The van der Waals surface area contributed by atoms with Crippen LogP contribution >= 0.6 is 0 Å². The Morgan fingerprint density at radius 3 is 2.10 bits per heavy atom. The minimum absolute atomic E-state index is 0.176. The van der Waals surface area contributed by atoms with E-state index in [0.717, 1.165) is 31.0 Å². The molecule has 0 fully saturated rings. The van der Waals surface area contributed by atoms with Crippen molar-refractivity contribution in [2.45, 2.75) is 33.4 Å². The van der Waals surface area contributed by atoms with E-state index in [-0.39, 0.29) is 12.5 Å². The number of aliphatic imine (C=N–C) groups is 1. The Labute approximate surface area is 178 Å². The fourth-order valence-electron chi connectivity index (χ4n) is 2.90. The summed E-state index contributed by atoms with van der Waals surface area (Å²) in [6.45, 7) is 6.04. The fraction of sp³-hybridized carbons (Fsp3) is 0.348. The molecule has 0 aliphatic rings. The van der Waals surface area contributed by atoms with Gasteiger partial charge in [-0.1, -0.05) is 43.3 Å². The number of nitrogens with zero attached hydrogens (tertiary/aromatic N) is 2. The van der Waals surface area contributed by atoms with Gasteiger partial charge in [0.15, 0.2) is 5.96 Å². The van der Waals surface area contributed by atoms with Gasteiger partial charge in [0.1, 0.15) is 0 Å². The predicted octanol–water partition coefficient (Wildman–Crippen LogP) is 2.06. The van der Waals surface area contributed by atoms with E-state index in [1.165, 1.54) is 11.1 Å². The Balaban J connectivity index is 2.00. The van der Waals surface area contributed by atoms with Crippen molar-refractivity contribution in [1.82, 2.24) is 15.5 Å². The van der Waals surface area contributed by atoms with Gasteiger partial charge in [0.05, 0.1) is 13.1 Å². The van der Waals surface area contributed by atoms with Crippen molar-refractivity contribution in [2.75, 3.05) is 20.1 Å². The van der Waals surface area contributed by atoms with Crippen LogP contribution in [0.2, 0.25) is 0 Å². The monoisotopic (exact) mass is 409 g/mol. The van der Waals surface area contributed by atoms with Crippen molar-refractivity contribution in [3.63, 3.8) is 0 Å². The Morgan fingerprint density at radius 2 is 1.53 bits per heavy atom. The normalized spacial score (nSPS) is 11.1. The summed E-state index contributed by atoms with van der Waals surface area (Å²) < 4.78 is 0. The molecule has 0 radical (unpaired) electrons. The third kappa shape index (κ3) is 7.24. The molecule has 2 aromatic carbocycles. The van der Waals surface area contributed by atoms with Crippen molar-refractivity contribution < 1.29 is 9.59 Å². The zero-order chi connectivity index (χ0) is 21.9. The fourth-order valence-corrected chi connectivity index (χ4v) is 2.90. The first-order valence-electron chi connectivity index (χ1n) is 10.2. The lowest BCUT2D eigenvalue weighted by Gasteiger charge is -2.22. The van der Waals surface area contributed by atoms with Crippen LogP contribution in [0.4, 0.5) is 0 Å². The molecule has 7 nitrogen and oxygen atoms in total. The molecule has 2 rings (SSSR count). The number of carbonyl (C=O) groups is 2. The second-order valence-corrected chi connectivity index (χ2v) is 7.04. The number of nitrogens with one attached hydrogen (secondary N) is 2. The zero-order valence-electron chi connectivity index (χ0n) is 17.9. The van der Waals surface area contributed by atoms with Crippen LogP contribution in [0, 0.1) is 0 Å². The number of primary amides is 1. The van der Waals surface area contributed by atoms with E-state index in [0.29, 0.717) is 12.1 Å². The zero-order valence-corrected chi connectivity index (χ0v) is 17.9. The first-order valence-corrected chi connectivity index (χ1v) is 10.2. The lowest BCUT2D eigenvalue weighted by atomic mass is 10.1. The summed E-state index contributed by atoms with van der Waals surface area (Å²) in [5.74, 6) is -0.0814. The van der Waals surface area contributed by atoms with Gasteiger partial charge in [-0.3, -0.25) is 9.59 Å². The molecule has 7 heteroatoms. The van der Waals surface area contributed by atoms with Crippen molar-refractivity contribution in [3.05, 3.63) is 70.8 Å². The van der Waals surface area contributed by atoms with Crippen molar-refractivity contribution in [1.29, 1.82) is 0 Å². The van der Waals surface area contributed by atoms with Crippen LogP contribution in [0.3, 0.4) is 0 Å². The van der Waals surface area contributed by atoms with Crippen LogP contribution < -0.4 is 16.4 Å². The lowest BCUT2D eigenvalue weighted by Crippen LogP contribution is -2.38. The Bertz CT molecular complexity index is 860. The second kappa shape index (κ2) is 11.6. The number of hydrogen-bond donors (Lipinski definition) is 3. The van der Waals surface area contributed by atoms with Crippen LogP contribution in [0.5, 0.6) is 0 Å². The minimum Gasteiger partial charge on any atom is -0.368 e. The van der Waals surface area contributed by atoms with E-state index in [4.69, 9.17) is 10.7 Å². The van der Waals surface area contributed by atoms with Crippen molar-refractivity contribution >= 4 is 17.8 Å². The molecule has 4 N–H and O–H groups in total. The number of nitrogens with two attached hydrogens (primary N) is 1. The molecule has 2 aromatic rings. The average molecular weight is 410 g/mol. The number of aryl methyl sites for hydroxylation is 1. The van der Waals surface area contributed by atoms with E-state index >= 15 is 0 Å².